The predicted molar refractivity (Wildman–Crippen MR) is 146 cm³/mol. The average Bonchev–Trinajstić information content (AvgIpc) is 3.13. The molecule has 13 heteroatoms. The number of amides is 4. The Morgan fingerprint density at radius 2 is 1.63 bits per heavy atom. The number of hydrogen-bond acceptors (Lipinski definition) is 7. The smallest absolute Gasteiger partial charge is 0.408 e. The van der Waals surface area contributed by atoms with Crippen LogP contribution >= 0.6 is 0 Å². The molecule has 2 rings (SSSR count). The van der Waals surface area contributed by atoms with Crippen LogP contribution in [0.3, 0.4) is 0 Å². The van der Waals surface area contributed by atoms with Crippen LogP contribution in [-0.2, 0) is 28.7 Å². The molecule has 2 fully saturated rings. The Hall–Kier alpha value is -2.99. The predicted octanol–water partition coefficient (Wildman–Crippen LogP) is 2.62. The first kappa shape index (κ1) is 34.2. The average molecular weight is 589 g/mol. The minimum Gasteiger partial charge on any atom is -0.466 e. The van der Waals surface area contributed by atoms with Gasteiger partial charge in [-0.15, -0.1) is 0 Å². The fourth-order valence-electron chi connectivity index (χ4n) is 5.36. The molecule has 234 valence electrons. The summed E-state index contributed by atoms with van der Waals surface area (Å²) in [6.45, 7) is 16.2. The number of fused-ring (bicyclic) bond motifs is 1. The molecule has 3 N–H and O–H groups in total. The molecule has 0 aromatic rings. The number of ether oxygens (including phenoxy) is 2. The van der Waals surface area contributed by atoms with E-state index < -0.39 is 71.8 Å². The largest absolute Gasteiger partial charge is 0.466 e. The van der Waals surface area contributed by atoms with Crippen LogP contribution in [0.15, 0.2) is 0 Å². The standard InChI is InChI=1S/C28H46F2N4O7/c1-10-40-18(35)11-12-31-22(36)16(13-17(29)30)32-23(37)20-19-15(28(19,8)9)14-34(20)24(38)21(26(2,3)4)33-25(39)41-27(5,6)7/h15-17,19-21H,10-14H2,1-9H3,(H,31,36)(H,32,37)(H,33,39)/t15?,16-,19?,20-,21+/m0/s1. The number of hydrogen-bond donors (Lipinski definition) is 3. The van der Waals surface area contributed by atoms with Crippen LogP contribution in [0.25, 0.3) is 0 Å². The summed E-state index contributed by atoms with van der Waals surface area (Å²) in [6, 6.07) is -3.66. The summed E-state index contributed by atoms with van der Waals surface area (Å²) in [5, 5.41) is 7.46. The maximum atomic E-state index is 13.9. The Labute approximate surface area is 240 Å². The number of piperidine rings is 1. The van der Waals surface area contributed by atoms with E-state index in [2.05, 4.69) is 16.0 Å². The number of nitrogens with zero attached hydrogens (tertiary/aromatic N) is 1. The Morgan fingerprint density at radius 1 is 1.02 bits per heavy atom. The number of alkyl halides is 2. The quantitative estimate of drug-likeness (QED) is 0.315. The van der Waals surface area contributed by atoms with Crippen molar-refractivity contribution in [1.82, 2.24) is 20.9 Å². The zero-order valence-electron chi connectivity index (χ0n) is 25.6. The third-order valence-corrected chi connectivity index (χ3v) is 7.51. The third-order valence-electron chi connectivity index (χ3n) is 7.51. The Morgan fingerprint density at radius 3 is 2.15 bits per heavy atom. The number of rotatable bonds is 11. The molecule has 0 aromatic heterocycles. The van der Waals surface area contributed by atoms with Gasteiger partial charge in [-0.2, -0.15) is 0 Å². The summed E-state index contributed by atoms with van der Waals surface area (Å²) >= 11 is 0. The van der Waals surface area contributed by atoms with Gasteiger partial charge in [0.05, 0.1) is 13.0 Å². The van der Waals surface area contributed by atoms with Crippen LogP contribution in [0.4, 0.5) is 13.6 Å². The first-order chi connectivity index (χ1) is 18.7. The SMILES string of the molecule is CCOC(=O)CCNC(=O)[C@H](CC(F)F)NC(=O)[C@@H]1C2C(CN1C(=O)[C@@H](NC(=O)OC(C)(C)C)C(C)(C)C)C2(C)C. The monoisotopic (exact) mass is 588 g/mol. The first-order valence-corrected chi connectivity index (χ1v) is 14.0. The molecule has 4 amide bonds. The van der Waals surface area contributed by atoms with E-state index in [4.69, 9.17) is 9.47 Å². The summed E-state index contributed by atoms with van der Waals surface area (Å²) in [4.78, 5) is 65.7. The molecule has 0 aromatic carbocycles. The molecule has 0 spiro atoms. The lowest BCUT2D eigenvalue weighted by atomic mass is 9.85. The lowest BCUT2D eigenvalue weighted by Crippen LogP contribution is -2.61. The van der Waals surface area contributed by atoms with E-state index >= 15 is 0 Å². The molecule has 1 aliphatic carbocycles. The lowest BCUT2D eigenvalue weighted by Gasteiger charge is -2.38. The van der Waals surface area contributed by atoms with E-state index in [0.717, 1.165) is 0 Å². The number of halogens is 2. The summed E-state index contributed by atoms with van der Waals surface area (Å²) < 4.78 is 36.9. The van der Waals surface area contributed by atoms with Crippen molar-refractivity contribution in [3.8, 4) is 0 Å². The van der Waals surface area contributed by atoms with Gasteiger partial charge in [0.25, 0.3) is 0 Å². The van der Waals surface area contributed by atoms with Crippen molar-refractivity contribution < 1.29 is 42.2 Å². The second-order valence-corrected chi connectivity index (χ2v) is 13.4. The zero-order chi connectivity index (χ0) is 31.5. The molecule has 2 unspecified atom stereocenters. The zero-order valence-corrected chi connectivity index (χ0v) is 25.6. The Kier molecular flexibility index (Phi) is 10.8. The fraction of sp³-hybridized carbons (Fsp3) is 0.821. The summed E-state index contributed by atoms with van der Waals surface area (Å²) in [5.74, 6) is -2.94. The number of esters is 1. The molecule has 1 saturated carbocycles. The number of likely N-dealkylation sites (tertiary alicyclic amines) is 1. The highest BCUT2D eigenvalue weighted by Crippen LogP contribution is 2.65. The van der Waals surface area contributed by atoms with Gasteiger partial charge in [-0.25, -0.2) is 13.6 Å². The van der Waals surface area contributed by atoms with Gasteiger partial charge in [-0.05, 0) is 50.4 Å². The number of nitrogens with one attached hydrogen (secondary N) is 3. The Balaban J connectivity index is 2.25. The highest BCUT2D eigenvalue weighted by Gasteiger charge is 2.70. The first-order valence-electron chi connectivity index (χ1n) is 14.0. The van der Waals surface area contributed by atoms with E-state index in [1.807, 2.05) is 13.8 Å². The molecule has 41 heavy (non-hydrogen) atoms. The van der Waals surface area contributed by atoms with Gasteiger partial charge < -0.3 is 30.3 Å². The van der Waals surface area contributed by atoms with E-state index in [1.165, 1.54) is 4.90 Å². The third kappa shape index (κ3) is 9.00. The number of carbonyl (C=O) groups excluding carboxylic acids is 5. The lowest BCUT2D eigenvalue weighted by molar-refractivity contribution is -0.144. The van der Waals surface area contributed by atoms with Crippen molar-refractivity contribution in [3.63, 3.8) is 0 Å². The molecule has 1 saturated heterocycles. The van der Waals surface area contributed by atoms with E-state index in [9.17, 15) is 32.8 Å². The maximum Gasteiger partial charge on any atom is 0.408 e. The summed E-state index contributed by atoms with van der Waals surface area (Å²) in [6.07, 6.45) is -4.78. The van der Waals surface area contributed by atoms with Crippen molar-refractivity contribution >= 4 is 29.8 Å². The minimum absolute atomic E-state index is 0.0173. The second-order valence-electron chi connectivity index (χ2n) is 13.4. The molecule has 1 aliphatic heterocycles. The van der Waals surface area contributed by atoms with Gasteiger partial charge in [0.15, 0.2) is 0 Å². The van der Waals surface area contributed by atoms with Crippen LogP contribution < -0.4 is 16.0 Å². The van der Waals surface area contributed by atoms with Gasteiger partial charge in [0.2, 0.25) is 24.1 Å². The molecule has 1 heterocycles. The molecule has 0 radical (unpaired) electrons. The van der Waals surface area contributed by atoms with Crippen molar-refractivity contribution in [2.75, 3.05) is 19.7 Å². The van der Waals surface area contributed by atoms with Gasteiger partial charge in [0, 0.05) is 19.5 Å². The van der Waals surface area contributed by atoms with Crippen molar-refractivity contribution in [3.05, 3.63) is 0 Å². The van der Waals surface area contributed by atoms with Crippen LogP contribution in [0, 0.1) is 22.7 Å². The van der Waals surface area contributed by atoms with Gasteiger partial charge >= 0.3 is 12.1 Å². The molecule has 0 bridgehead atoms. The van der Waals surface area contributed by atoms with Gasteiger partial charge in [0.1, 0.15) is 23.7 Å². The van der Waals surface area contributed by atoms with Crippen LogP contribution in [0.5, 0.6) is 0 Å². The van der Waals surface area contributed by atoms with E-state index in [0.29, 0.717) is 0 Å². The van der Waals surface area contributed by atoms with Gasteiger partial charge in [-0.1, -0.05) is 34.6 Å². The second kappa shape index (κ2) is 12.9. The van der Waals surface area contributed by atoms with Crippen molar-refractivity contribution in [2.45, 2.75) is 105 Å². The van der Waals surface area contributed by atoms with Crippen molar-refractivity contribution in [1.29, 1.82) is 0 Å². The van der Waals surface area contributed by atoms with Crippen LogP contribution in [0.2, 0.25) is 0 Å². The summed E-state index contributed by atoms with van der Waals surface area (Å²) in [7, 11) is 0. The van der Waals surface area contributed by atoms with Gasteiger partial charge in [-0.3, -0.25) is 19.2 Å². The Bertz CT molecular complexity index is 1010. The normalized spacial score (nSPS) is 22.7. The topological polar surface area (TPSA) is 143 Å². The molecule has 2 aliphatic rings. The number of alkyl carbamates (subject to hydrolysis) is 1. The van der Waals surface area contributed by atoms with Crippen LogP contribution in [0.1, 0.15) is 75.2 Å². The molecule has 5 atom stereocenters. The molecular formula is C28H46F2N4O7. The summed E-state index contributed by atoms with van der Waals surface area (Å²) in [5.41, 5.74) is -1.84. The molecule has 11 nitrogen and oxygen atoms in total. The number of carbonyl (C=O) groups is 5. The van der Waals surface area contributed by atoms with Crippen LogP contribution in [-0.4, -0.2) is 84.5 Å². The highest BCUT2D eigenvalue weighted by atomic mass is 19.3. The molecular weight excluding hydrogens is 542 g/mol. The van der Waals surface area contributed by atoms with E-state index in [-0.39, 0.29) is 43.4 Å². The maximum absolute atomic E-state index is 13.9. The minimum atomic E-state index is -2.90. The van der Waals surface area contributed by atoms with E-state index in [1.54, 1.807) is 48.5 Å². The highest BCUT2D eigenvalue weighted by molar-refractivity contribution is 5.95. The van der Waals surface area contributed by atoms with Crippen molar-refractivity contribution in [2.24, 2.45) is 22.7 Å². The fourth-order valence-corrected chi connectivity index (χ4v) is 5.36.